The van der Waals surface area contributed by atoms with Crippen LogP contribution in [0.15, 0.2) is 58.8 Å². The summed E-state index contributed by atoms with van der Waals surface area (Å²) in [5.41, 5.74) is 1.58. The second kappa shape index (κ2) is 10.3. The van der Waals surface area contributed by atoms with E-state index in [-0.39, 0.29) is 0 Å². The molecule has 0 saturated carbocycles. The second-order valence-corrected chi connectivity index (χ2v) is 7.88. The number of hydrogen-bond acceptors (Lipinski definition) is 3. The van der Waals surface area contributed by atoms with Gasteiger partial charge in [0.2, 0.25) is 0 Å². The summed E-state index contributed by atoms with van der Waals surface area (Å²) < 4.78 is 6.83. The lowest BCUT2D eigenvalue weighted by Crippen LogP contribution is -2.35. The molecule has 2 aromatic rings. The van der Waals surface area contributed by atoms with Crippen LogP contribution in [0.1, 0.15) is 25.7 Å². The van der Waals surface area contributed by atoms with Crippen molar-refractivity contribution in [3.63, 3.8) is 0 Å². The maximum atomic E-state index is 5.85. The summed E-state index contributed by atoms with van der Waals surface area (Å²) in [6, 6.07) is 15.0. The van der Waals surface area contributed by atoms with Gasteiger partial charge in [-0.1, -0.05) is 11.6 Å². The normalized spacial score (nSPS) is 11.8. The van der Waals surface area contributed by atoms with Crippen molar-refractivity contribution in [1.82, 2.24) is 0 Å². The Labute approximate surface area is 162 Å². The van der Waals surface area contributed by atoms with Crippen molar-refractivity contribution in [2.45, 2.75) is 25.7 Å². The molecule has 0 fully saturated rings. The van der Waals surface area contributed by atoms with Gasteiger partial charge in [-0.2, -0.15) is 10.2 Å². The molecule has 0 N–H and O–H groups in total. The molecule has 0 aliphatic heterocycles. The number of ether oxygens (including phenoxy) is 1. The minimum absolute atomic E-state index is 0.693. The largest absolute Gasteiger partial charge is 0.494 e. The molecule has 4 nitrogen and oxygen atoms in total. The van der Waals surface area contributed by atoms with Crippen LogP contribution >= 0.6 is 11.6 Å². The van der Waals surface area contributed by atoms with Gasteiger partial charge >= 0.3 is 0 Å². The number of azo groups is 1. The van der Waals surface area contributed by atoms with Crippen LogP contribution < -0.4 is 4.74 Å². The molecule has 2 aromatic carbocycles. The van der Waals surface area contributed by atoms with E-state index in [1.54, 1.807) is 12.1 Å². The molecule has 0 aromatic heterocycles. The Kier molecular flexibility index (Phi) is 8.07. The van der Waals surface area contributed by atoms with E-state index in [4.69, 9.17) is 16.3 Å². The first-order valence-corrected chi connectivity index (χ1v) is 9.51. The van der Waals surface area contributed by atoms with Gasteiger partial charge in [-0.3, -0.25) is 0 Å². The van der Waals surface area contributed by atoms with Crippen LogP contribution in [0, 0.1) is 0 Å². The third kappa shape index (κ3) is 8.45. The highest BCUT2D eigenvalue weighted by Crippen LogP contribution is 2.22. The van der Waals surface area contributed by atoms with E-state index in [2.05, 4.69) is 31.4 Å². The fraction of sp³-hybridized carbons (Fsp3) is 0.429. The van der Waals surface area contributed by atoms with E-state index in [0.29, 0.717) is 5.02 Å². The van der Waals surface area contributed by atoms with Gasteiger partial charge in [0.25, 0.3) is 0 Å². The van der Waals surface area contributed by atoms with Crippen molar-refractivity contribution in [3.05, 3.63) is 53.6 Å². The average molecular weight is 375 g/mol. The first-order valence-electron chi connectivity index (χ1n) is 9.13. The molecule has 0 spiro atoms. The molecule has 140 valence electrons. The Hall–Kier alpha value is -1.91. The van der Waals surface area contributed by atoms with Crippen LogP contribution in [0.5, 0.6) is 5.75 Å². The molecular weight excluding hydrogens is 346 g/mol. The van der Waals surface area contributed by atoms with E-state index in [1.165, 1.54) is 25.8 Å². The Morgan fingerprint density at radius 1 is 0.769 bits per heavy atom. The zero-order valence-corrected chi connectivity index (χ0v) is 16.7. The highest BCUT2D eigenvalue weighted by molar-refractivity contribution is 6.30. The summed E-state index contributed by atoms with van der Waals surface area (Å²) in [6.45, 7) is 1.99. The first-order chi connectivity index (χ1) is 12.4. The summed E-state index contributed by atoms with van der Waals surface area (Å²) >= 11 is 5.85. The third-order valence-corrected chi connectivity index (χ3v) is 4.19. The number of benzene rings is 2. The van der Waals surface area contributed by atoms with Gasteiger partial charge in [-0.05, 0) is 74.2 Å². The van der Waals surface area contributed by atoms with Gasteiger partial charge in [0.05, 0.1) is 45.7 Å². The minimum atomic E-state index is 0.693. The monoisotopic (exact) mass is 374 g/mol. The van der Waals surface area contributed by atoms with E-state index < -0.39 is 0 Å². The predicted molar refractivity (Wildman–Crippen MR) is 109 cm³/mol. The molecule has 0 heterocycles. The van der Waals surface area contributed by atoms with E-state index in [9.17, 15) is 0 Å². The quantitative estimate of drug-likeness (QED) is 0.269. The molecule has 5 heteroatoms. The number of rotatable bonds is 10. The van der Waals surface area contributed by atoms with Crippen molar-refractivity contribution in [2.24, 2.45) is 10.2 Å². The highest BCUT2D eigenvalue weighted by atomic mass is 35.5. The smallest absolute Gasteiger partial charge is 0.119 e. The zero-order valence-electron chi connectivity index (χ0n) is 16.0. The van der Waals surface area contributed by atoms with Gasteiger partial charge in [-0.25, -0.2) is 0 Å². The summed E-state index contributed by atoms with van der Waals surface area (Å²) in [5, 5.41) is 9.11. The molecule has 0 radical (unpaired) electrons. The molecule has 0 atom stereocenters. The Morgan fingerprint density at radius 2 is 1.31 bits per heavy atom. The number of hydrogen-bond donors (Lipinski definition) is 0. The maximum Gasteiger partial charge on any atom is 0.119 e. The molecule has 0 aliphatic rings. The lowest BCUT2D eigenvalue weighted by atomic mass is 10.2. The van der Waals surface area contributed by atoms with Crippen LogP contribution in [0.3, 0.4) is 0 Å². The van der Waals surface area contributed by atoms with E-state index in [1.807, 2.05) is 36.4 Å². The third-order valence-electron chi connectivity index (χ3n) is 3.94. The van der Waals surface area contributed by atoms with Crippen molar-refractivity contribution in [3.8, 4) is 5.75 Å². The summed E-state index contributed by atoms with van der Waals surface area (Å²) in [7, 11) is 6.71. The van der Waals surface area contributed by atoms with Gasteiger partial charge in [0.15, 0.2) is 0 Å². The summed E-state index contributed by atoms with van der Waals surface area (Å²) in [5.74, 6) is 0.877. The Balaban J connectivity index is 1.66. The molecular formula is C21H29ClN3O+. The van der Waals surface area contributed by atoms with E-state index in [0.717, 1.165) is 34.6 Å². The zero-order chi connectivity index (χ0) is 18.8. The Bertz CT molecular complexity index is 676. The highest BCUT2D eigenvalue weighted by Gasteiger charge is 2.05. The standard InChI is InChI=1S/C21H29ClN3O/c1-25(2,3)16-6-4-5-7-17-26-21-14-12-20(13-15-21)24-23-19-10-8-18(22)9-11-19/h8-15H,4-7,16-17H2,1-3H3/q+1. The lowest BCUT2D eigenvalue weighted by molar-refractivity contribution is -0.870. The van der Waals surface area contributed by atoms with Gasteiger partial charge in [-0.15, -0.1) is 0 Å². The van der Waals surface area contributed by atoms with Crippen molar-refractivity contribution in [2.75, 3.05) is 34.3 Å². The van der Waals surface area contributed by atoms with Crippen molar-refractivity contribution in [1.29, 1.82) is 0 Å². The van der Waals surface area contributed by atoms with Gasteiger partial charge < -0.3 is 9.22 Å². The van der Waals surface area contributed by atoms with Crippen molar-refractivity contribution >= 4 is 23.0 Å². The molecule has 0 saturated heterocycles. The van der Waals surface area contributed by atoms with Gasteiger partial charge in [0.1, 0.15) is 5.75 Å². The lowest BCUT2D eigenvalue weighted by Gasteiger charge is -2.23. The van der Waals surface area contributed by atoms with Gasteiger partial charge in [0, 0.05) is 5.02 Å². The van der Waals surface area contributed by atoms with Crippen LogP contribution in [0.2, 0.25) is 5.02 Å². The summed E-state index contributed by atoms with van der Waals surface area (Å²) in [4.78, 5) is 0. The van der Waals surface area contributed by atoms with Crippen LogP contribution in [-0.2, 0) is 0 Å². The fourth-order valence-corrected chi connectivity index (χ4v) is 2.59. The minimum Gasteiger partial charge on any atom is -0.494 e. The number of halogens is 1. The van der Waals surface area contributed by atoms with Crippen LogP contribution in [0.25, 0.3) is 0 Å². The van der Waals surface area contributed by atoms with Crippen LogP contribution in [-0.4, -0.2) is 38.8 Å². The maximum absolute atomic E-state index is 5.85. The molecule has 2 rings (SSSR count). The average Bonchev–Trinajstić information content (AvgIpc) is 2.60. The van der Waals surface area contributed by atoms with E-state index >= 15 is 0 Å². The van der Waals surface area contributed by atoms with Crippen molar-refractivity contribution < 1.29 is 9.22 Å². The number of unbranched alkanes of at least 4 members (excludes halogenated alkanes) is 3. The second-order valence-electron chi connectivity index (χ2n) is 7.45. The Morgan fingerprint density at radius 3 is 1.88 bits per heavy atom. The molecule has 0 bridgehead atoms. The molecule has 0 amide bonds. The topological polar surface area (TPSA) is 34.0 Å². The summed E-state index contributed by atoms with van der Waals surface area (Å²) in [6.07, 6.45) is 4.85. The first kappa shape index (κ1) is 20.4. The molecule has 0 aliphatic carbocycles. The predicted octanol–water partition coefficient (Wildman–Crippen LogP) is 6.40. The fourth-order valence-electron chi connectivity index (χ4n) is 2.46. The molecule has 26 heavy (non-hydrogen) atoms. The SMILES string of the molecule is C[N+](C)(C)CCCCCCOc1ccc(N=Nc2ccc(Cl)cc2)cc1. The number of quaternary nitrogens is 1. The van der Waals surface area contributed by atoms with Crippen LogP contribution in [0.4, 0.5) is 11.4 Å². The number of nitrogens with zero attached hydrogens (tertiary/aromatic N) is 3. The molecule has 0 unspecified atom stereocenters.